The fraction of sp³-hybridized carbons (Fsp3) is 0.750. The van der Waals surface area contributed by atoms with Crippen LogP contribution in [0.1, 0.15) is 57.8 Å². The number of unbranched alkanes of at least 4 members (excludes halogenated alkanes) is 7. The summed E-state index contributed by atoms with van der Waals surface area (Å²) >= 11 is 3.06. The van der Waals surface area contributed by atoms with E-state index >= 15 is 0 Å². The first-order valence-corrected chi connectivity index (χ1v) is 6.37. The first kappa shape index (κ1) is 14.5. The second-order valence-corrected chi connectivity index (χ2v) is 4.04. The highest BCUT2D eigenvalue weighted by Gasteiger charge is 1.96. The Labute approximate surface area is 101 Å². The molecule has 0 fully saturated rings. The van der Waals surface area contributed by atoms with Crippen LogP contribution >= 0.6 is 15.9 Å². The normalized spacial score (nSPS) is 9.40. The second kappa shape index (κ2) is 11.6. The molecule has 0 amide bonds. The Kier molecular flexibility index (Phi) is 11.2. The van der Waals surface area contributed by atoms with Crippen molar-refractivity contribution >= 4 is 21.9 Å². The Morgan fingerprint density at radius 2 is 1.53 bits per heavy atom. The van der Waals surface area contributed by atoms with Crippen molar-refractivity contribution in [2.45, 2.75) is 57.8 Å². The summed E-state index contributed by atoms with van der Waals surface area (Å²) in [5, 5.41) is 8.42. The minimum atomic E-state index is -0.677. The van der Waals surface area contributed by atoms with E-state index in [0.717, 1.165) is 25.7 Å². The Hall–Kier alpha value is -0.490. The number of carboxylic acid groups (broad SMARTS) is 1. The van der Waals surface area contributed by atoms with Crippen LogP contribution in [-0.2, 0) is 4.79 Å². The van der Waals surface area contributed by atoms with Gasteiger partial charge in [-0.05, 0) is 17.7 Å². The van der Waals surface area contributed by atoms with Crippen LogP contribution < -0.4 is 0 Å². The quantitative estimate of drug-likeness (QED) is 0.511. The highest BCUT2D eigenvalue weighted by atomic mass is 79.9. The van der Waals surface area contributed by atoms with Gasteiger partial charge in [0.1, 0.15) is 0 Å². The summed E-state index contributed by atoms with van der Waals surface area (Å²) in [4.78, 5) is 12.9. The van der Waals surface area contributed by atoms with Crippen molar-refractivity contribution in [3.8, 4) is 10.8 Å². The summed E-state index contributed by atoms with van der Waals surface area (Å²) < 4.78 is 0. The van der Waals surface area contributed by atoms with Crippen LogP contribution in [0.15, 0.2) is 0 Å². The number of aliphatic carboxylic acids is 1. The van der Waals surface area contributed by atoms with E-state index in [1.54, 1.807) is 0 Å². The zero-order valence-electron chi connectivity index (χ0n) is 9.10. The average Bonchev–Trinajstić information content (AvgIpc) is 2.20. The van der Waals surface area contributed by atoms with Gasteiger partial charge in [0.25, 0.3) is 0 Å². The van der Waals surface area contributed by atoms with Crippen molar-refractivity contribution in [2.75, 3.05) is 0 Å². The van der Waals surface area contributed by atoms with Gasteiger partial charge in [0.15, 0.2) is 0 Å². The van der Waals surface area contributed by atoms with Gasteiger partial charge in [0.2, 0.25) is 0 Å². The Morgan fingerprint density at radius 3 is 2.07 bits per heavy atom. The minimum absolute atomic E-state index is 0.320. The molecule has 2 nitrogen and oxygen atoms in total. The van der Waals surface area contributed by atoms with E-state index in [1.807, 2.05) is 0 Å². The maximum absolute atomic E-state index is 10.2. The van der Waals surface area contributed by atoms with Crippen LogP contribution in [-0.4, -0.2) is 11.1 Å². The predicted molar refractivity (Wildman–Crippen MR) is 65.9 cm³/mol. The zero-order valence-corrected chi connectivity index (χ0v) is 10.7. The molecule has 0 bridgehead atoms. The van der Waals surface area contributed by atoms with E-state index in [2.05, 4.69) is 26.7 Å². The fourth-order valence-electron chi connectivity index (χ4n) is 1.42. The molecule has 0 spiro atoms. The zero-order chi connectivity index (χ0) is 11.4. The van der Waals surface area contributed by atoms with E-state index in [-0.39, 0.29) is 0 Å². The Balaban J connectivity index is 2.97. The van der Waals surface area contributed by atoms with E-state index in [9.17, 15) is 4.79 Å². The van der Waals surface area contributed by atoms with Gasteiger partial charge in [-0.2, -0.15) is 0 Å². The lowest BCUT2D eigenvalue weighted by Gasteiger charge is -1.99. The monoisotopic (exact) mass is 274 g/mol. The molecular formula is C12H19BrO2. The van der Waals surface area contributed by atoms with Crippen LogP contribution in [0.4, 0.5) is 0 Å². The number of hydrogen-bond acceptors (Lipinski definition) is 1. The molecule has 0 rings (SSSR count). The lowest BCUT2D eigenvalue weighted by atomic mass is 10.1. The van der Waals surface area contributed by atoms with Crippen molar-refractivity contribution in [3.63, 3.8) is 0 Å². The third-order valence-electron chi connectivity index (χ3n) is 2.26. The fourth-order valence-corrected chi connectivity index (χ4v) is 1.62. The Bertz CT molecular complexity index is 215. The molecule has 0 radical (unpaired) electrons. The van der Waals surface area contributed by atoms with Crippen molar-refractivity contribution < 1.29 is 9.90 Å². The average molecular weight is 275 g/mol. The molecule has 0 aromatic heterocycles. The molecule has 0 atom stereocenters. The smallest absolute Gasteiger partial charge is 0.303 e. The number of halogens is 1. The molecule has 0 aliphatic rings. The van der Waals surface area contributed by atoms with Crippen molar-refractivity contribution in [2.24, 2.45) is 0 Å². The first-order chi connectivity index (χ1) is 7.27. The maximum Gasteiger partial charge on any atom is 0.303 e. The van der Waals surface area contributed by atoms with E-state index in [0.29, 0.717) is 6.42 Å². The number of carboxylic acids is 1. The summed E-state index contributed by atoms with van der Waals surface area (Å²) in [6, 6.07) is 0. The van der Waals surface area contributed by atoms with Gasteiger partial charge < -0.3 is 5.11 Å². The molecule has 1 N–H and O–H groups in total. The van der Waals surface area contributed by atoms with Gasteiger partial charge in [0, 0.05) is 28.8 Å². The molecule has 0 aliphatic heterocycles. The SMILES string of the molecule is O=C(O)CCCCCCCCCC#CBr. The highest BCUT2D eigenvalue weighted by molar-refractivity contribution is 9.12. The molecule has 0 saturated carbocycles. The molecule has 0 heterocycles. The summed E-state index contributed by atoms with van der Waals surface area (Å²) in [5.41, 5.74) is 0. The standard InChI is InChI=1S/C12H19BrO2/c13-11-9-7-5-3-1-2-4-6-8-10-12(14)15/h1-8,10H2,(H,14,15). The third kappa shape index (κ3) is 13.5. The van der Waals surface area contributed by atoms with E-state index < -0.39 is 5.97 Å². The van der Waals surface area contributed by atoms with Gasteiger partial charge in [-0.25, -0.2) is 0 Å². The van der Waals surface area contributed by atoms with E-state index in [4.69, 9.17) is 5.11 Å². The summed E-state index contributed by atoms with van der Waals surface area (Å²) in [6.07, 6.45) is 9.22. The van der Waals surface area contributed by atoms with Crippen molar-refractivity contribution in [1.29, 1.82) is 0 Å². The molecule has 0 unspecified atom stereocenters. The molecule has 15 heavy (non-hydrogen) atoms. The molecule has 0 aromatic carbocycles. The number of carbonyl (C=O) groups is 1. The molecule has 86 valence electrons. The van der Waals surface area contributed by atoms with Crippen LogP contribution in [0, 0.1) is 10.8 Å². The lowest BCUT2D eigenvalue weighted by molar-refractivity contribution is -0.137. The predicted octanol–water partition coefficient (Wildman–Crippen LogP) is 3.94. The summed E-state index contributed by atoms with van der Waals surface area (Å²) in [6.45, 7) is 0. The molecule has 0 aliphatic carbocycles. The van der Waals surface area contributed by atoms with Gasteiger partial charge in [0.05, 0.1) is 0 Å². The minimum Gasteiger partial charge on any atom is -0.481 e. The van der Waals surface area contributed by atoms with Crippen LogP contribution in [0.2, 0.25) is 0 Å². The molecular weight excluding hydrogens is 256 g/mol. The molecule has 0 aromatic rings. The van der Waals surface area contributed by atoms with E-state index in [1.165, 1.54) is 25.7 Å². The van der Waals surface area contributed by atoms with Crippen LogP contribution in [0.25, 0.3) is 0 Å². The summed E-state index contributed by atoms with van der Waals surface area (Å²) in [7, 11) is 0. The maximum atomic E-state index is 10.2. The summed E-state index contributed by atoms with van der Waals surface area (Å²) in [5.74, 6) is 2.30. The van der Waals surface area contributed by atoms with Gasteiger partial charge >= 0.3 is 5.97 Å². The van der Waals surface area contributed by atoms with Crippen molar-refractivity contribution in [3.05, 3.63) is 0 Å². The van der Waals surface area contributed by atoms with Gasteiger partial charge in [-0.1, -0.05) is 38.0 Å². The molecule has 3 heteroatoms. The largest absolute Gasteiger partial charge is 0.481 e. The number of rotatable bonds is 9. The number of hydrogen-bond donors (Lipinski definition) is 1. The second-order valence-electron chi connectivity index (χ2n) is 3.64. The van der Waals surface area contributed by atoms with Crippen LogP contribution in [0.3, 0.4) is 0 Å². The first-order valence-electron chi connectivity index (χ1n) is 5.57. The lowest BCUT2D eigenvalue weighted by Crippen LogP contribution is -1.93. The topological polar surface area (TPSA) is 37.3 Å². The van der Waals surface area contributed by atoms with Crippen LogP contribution in [0.5, 0.6) is 0 Å². The third-order valence-corrected chi connectivity index (χ3v) is 2.54. The van der Waals surface area contributed by atoms with Gasteiger partial charge in [-0.3, -0.25) is 4.79 Å². The van der Waals surface area contributed by atoms with Crippen molar-refractivity contribution in [1.82, 2.24) is 0 Å². The molecule has 0 saturated heterocycles. The highest BCUT2D eigenvalue weighted by Crippen LogP contribution is 2.09. The Morgan fingerprint density at radius 1 is 1.00 bits per heavy atom. The van der Waals surface area contributed by atoms with Gasteiger partial charge in [-0.15, -0.1) is 0 Å².